The van der Waals surface area contributed by atoms with Crippen LogP contribution in [0, 0.1) is 22.2 Å². The Labute approximate surface area is 98.9 Å². The van der Waals surface area contributed by atoms with Gasteiger partial charge in [0.1, 0.15) is 0 Å². The summed E-state index contributed by atoms with van der Waals surface area (Å²) in [7, 11) is 0. The van der Waals surface area contributed by atoms with Gasteiger partial charge in [-0.3, -0.25) is 0 Å². The first-order valence-corrected chi connectivity index (χ1v) is 6.76. The molecule has 1 N–H and O–H groups in total. The molecule has 0 bridgehead atoms. The summed E-state index contributed by atoms with van der Waals surface area (Å²) in [6, 6.07) is 0. The predicted molar refractivity (Wildman–Crippen MR) is 66.0 cm³/mol. The van der Waals surface area contributed by atoms with Crippen molar-refractivity contribution in [2.24, 2.45) is 22.2 Å². The number of rotatable bonds is 0. The molecule has 3 aliphatic carbocycles. The number of aliphatic hydroxyl groups is 1. The molecule has 0 aromatic rings. The highest BCUT2D eigenvalue weighted by atomic mass is 16.3. The Balaban J connectivity index is 2.26. The fourth-order valence-electron chi connectivity index (χ4n) is 5.96. The molecule has 3 aliphatic rings. The molecular formula is C15H24O. The quantitative estimate of drug-likeness (QED) is 0.619. The van der Waals surface area contributed by atoms with Crippen molar-refractivity contribution in [2.45, 2.75) is 59.5 Å². The van der Waals surface area contributed by atoms with Gasteiger partial charge in [0.2, 0.25) is 0 Å². The molecule has 2 fully saturated rings. The fraction of sp³-hybridized carbons (Fsp3) is 0.867. The van der Waals surface area contributed by atoms with Crippen molar-refractivity contribution in [3.8, 4) is 0 Å². The van der Waals surface area contributed by atoms with Crippen LogP contribution >= 0.6 is 0 Å². The SMILES string of the molecule is CC1=CC(C)(C)[C@@]23CC[C@@H](C)[C@@]12[C@H](O)CC3. The molecule has 0 saturated heterocycles. The maximum atomic E-state index is 10.6. The summed E-state index contributed by atoms with van der Waals surface area (Å²) in [6.45, 7) is 9.39. The molecule has 2 saturated carbocycles. The first kappa shape index (κ1) is 10.8. The third-order valence-electron chi connectivity index (χ3n) is 6.41. The van der Waals surface area contributed by atoms with Gasteiger partial charge < -0.3 is 5.11 Å². The van der Waals surface area contributed by atoms with E-state index in [9.17, 15) is 5.11 Å². The zero-order chi connectivity index (χ0) is 11.8. The average molecular weight is 220 g/mol. The van der Waals surface area contributed by atoms with Gasteiger partial charge in [0.05, 0.1) is 6.10 Å². The van der Waals surface area contributed by atoms with Crippen LogP contribution in [-0.4, -0.2) is 11.2 Å². The van der Waals surface area contributed by atoms with Crippen molar-refractivity contribution < 1.29 is 5.11 Å². The van der Waals surface area contributed by atoms with Crippen molar-refractivity contribution in [1.29, 1.82) is 0 Å². The van der Waals surface area contributed by atoms with Crippen LogP contribution in [0.25, 0.3) is 0 Å². The molecule has 0 aromatic heterocycles. The Kier molecular flexibility index (Phi) is 1.86. The molecule has 0 radical (unpaired) electrons. The van der Waals surface area contributed by atoms with Gasteiger partial charge in [-0.25, -0.2) is 0 Å². The zero-order valence-electron chi connectivity index (χ0n) is 11.0. The molecule has 1 heteroatoms. The zero-order valence-corrected chi connectivity index (χ0v) is 11.0. The van der Waals surface area contributed by atoms with Crippen LogP contribution in [0.15, 0.2) is 11.6 Å². The Morgan fingerprint density at radius 1 is 1.25 bits per heavy atom. The first-order chi connectivity index (χ1) is 7.38. The van der Waals surface area contributed by atoms with Gasteiger partial charge in [0.15, 0.2) is 0 Å². The molecule has 0 aliphatic heterocycles. The van der Waals surface area contributed by atoms with Gasteiger partial charge in [-0.05, 0) is 49.4 Å². The highest BCUT2D eigenvalue weighted by molar-refractivity contribution is 5.39. The van der Waals surface area contributed by atoms with Gasteiger partial charge >= 0.3 is 0 Å². The molecule has 16 heavy (non-hydrogen) atoms. The Hall–Kier alpha value is -0.300. The van der Waals surface area contributed by atoms with Crippen molar-refractivity contribution >= 4 is 0 Å². The molecule has 0 heterocycles. The lowest BCUT2D eigenvalue weighted by Crippen LogP contribution is -2.46. The predicted octanol–water partition coefficient (Wildman–Crippen LogP) is 3.53. The molecule has 3 rings (SSSR count). The van der Waals surface area contributed by atoms with Crippen LogP contribution in [0.4, 0.5) is 0 Å². The van der Waals surface area contributed by atoms with Gasteiger partial charge in [-0.15, -0.1) is 0 Å². The molecule has 4 atom stereocenters. The van der Waals surface area contributed by atoms with E-state index in [1.54, 1.807) is 0 Å². The fourth-order valence-corrected chi connectivity index (χ4v) is 5.96. The van der Waals surface area contributed by atoms with Crippen molar-refractivity contribution in [1.82, 2.24) is 0 Å². The van der Waals surface area contributed by atoms with Crippen LogP contribution in [0.3, 0.4) is 0 Å². The second kappa shape index (κ2) is 2.75. The number of allylic oxidation sites excluding steroid dienone is 1. The second-order valence-corrected chi connectivity index (χ2v) is 6.99. The number of hydrogen-bond donors (Lipinski definition) is 1. The van der Waals surface area contributed by atoms with E-state index in [2.05, 4.69) is 33.8 Å². The van der Waals surface area contributed by atoms with Gasteiger partial charge in [0, 0.05) is 5.41 Å². The minimum absolute atomic E-state index is 0.0944. The third kappa shape index (κ3) is 0.796. The number of aliphatic hydroxyl groups excluding tert-OH is 1. The Morgan fingerprint density at radius 2 is 1.88 bits per heavy atom. The van der Waals surface area contributed by atoms with E-state index < -0.39 is 0 Å². The van der Waals surface area contributed by atoms with Crippen LogP contribution < -0.4 is 0 Å². The van der Waals surface area contributed by atoms with Crippen LogP contribution in [0.2, 0.25) is 0 Å². The molecule has 90 valence electrons. The Bertz CT molecular complexity index is 350. The summed E-state index contributed by atoms with van der Waals surface area (Å²) >= 11 is 0. The highest BCUT2D eigenvalue weighted by Crippen LogP contribution is 2.77. The maximum Gasteiger partial charge on any atom is 0.0641 e. The van der Waals surface area contributed by atoms with Crippen molar-refractivity contribution in [3.63, 3.8) is 0 Å². The molecule has 0 spiro atoms. The molecule has 1 nitrogen and oxygen atoms in total. The molecule has 0 amide bonds. The minimum atomic E-state index is -0.0944. The van der Waals surface area contributed by atoms with Crippen LogP contribution in [-0.2, 0) is 0 Å². The first-order valence-electron chi connectivity index (χ1n) is 6.76. The lowest BCUT2D eigenvalue weighted by molar-refractivity contribution is -0.0264. The van der Waals surface area contributed by atoms with Gasteiger partial charge in [0.25, 0.3) is 0 Å². The smallest absolute Gasteiger partial charge is 0.0641 e. The lowest BCUT2D eigenvalue weighted by atomic mass is 9.56. The minimum Gasteiger partial charge on any atom is -0.392 e. The molecular weight excluding hydrogens is 196 g/mol. The van der Waals surface area contributed by atoms with E-state index in [1.165, 1.54) is 24.8 Å². The summed E-state index contributed by atoms with van der Waals surface area (Å²) in [5.41, 5.74) is 2.24. The van der Waals surface area contributed by atoms with Crippen LogP contribution in [0.5, 0.6) is 0 Å². The maximum absolute atomic E-state index is 10.6. The van der Waals surface area contributed by atoms with E-state index in [0.717, 1.165) is 6.42 Å². The summed E-state index contributed by atoms with van der Waals surface area (Å²) in [4.78, 5) is 0. The summed E-state index contributed by atoms with van der Waals surface area (Å²) in [5, 5.41) is 10.6. The van der Waals surface area contributed by atoms with Crippen LogP contribution in [0.1, 0.15) is 53.4 Å². The van der Waals surface area contributed by atoms with E-state index in [1.807, 2.05) is 0 Å². The number of hydrogen-bond acceptors (Lipinski definition) is 1. The third-order valence-corrected chi connectivity index (χ3v) is 6.41. The summed E-state index contributed by atoms with van der Waals surface area (Å²) < 4.78 is 0. The molecule has 0 unspecified atom stereocenters. The monoisotopic (exact) mass is 220 g/mol. The van der Waals surface area contributed by atoms with Gasteiger partial charge in [-0.2, -0.15) is 0 Å². The Morgan fingerprint density at radius 3 is 2.50 bits per heavy atom. The van der Waals surface area contributed by atoms with E-state index in [-0.39, 0.29) is 16.9 Å². The standard InChI is InChI=1S/C15H24O/c1-10-5-7-14-8-6-12(16)15(10,14)11(2)9-13(14,3)4/h9-10,12,16H,5-8H2,1-4H3/t10-,12-,14+,15+/m1/s1. The normalized spacial score (nSPS) is 53.7. The van der Waals surface area contributed by atoms with Crippen molar-refractivity contribution in [2.75, 3.05) is 0 Å². The lowest BCUT2D eigenvalue weighted by Gasteiger charge is -2.47. The van der Waals surface area contributed by atoms with E-state index in [4.69, 9.17) is 0 Å². The highest BCUT2D eigenvalue weighted by Gasteiger charge is 2.72. The van der Waals surface area contributed by atoms with Crippen molar-refractivity contribution in [3.05, 3.63) is 11.6 Å². The van der Waals surface area contributed by atoms with E-state index >= 15 is 0 Å². The average Bonchev–Trinajstić information content (AvgIpc) is 2.70. The topological polar surface area (TPSA) is 20.2 Å². The van der Waals surface area contributed by atoms with E-state index in [0.29, 0.717) is 11.3 Å². The van der Waals surface area contributed by atoms with Gasteiger partial charge in [-0.1, -0.05) is 32.4 Å². The molecule has 0 aromatic carbocycles. The largest absolute Gasteiger partial charge is 0.392 e. The summed E-state index contributed by atoms with van der Waals surface area (Å²) in [6.07, 6.45) is 7.21. The summed E-state index contributed by atoms with van der Waals surface area (Å²) in [5.74, 6) is 0.656. The second-order valence-electron chi connectivity index (χ2n) is 6.99.